The van der Waals surface area contributed by atoms with E-state index in [-0.39, 0.29) is 17.9 Å². The van der Waals surface area contributed by atoms with Crippen molar-refractivity contribution in [3.8, 4) is 0 Å². The first-order valence-electron chi connectivity index (χ1n) is 6.88. The van der Waals surface area contributed by atoms with Crippen molar-refractivity contribution in [1.82, 2.24) is 4.90 Å². The van der Waals surface area contributed by atoms with Crippen LogP contribution >= 0.6 is 0 Å². The van der Waals surface area contributed by atoms with Crippen LogP contribution in [0.5, 0.6) is 0 Å². The second-order valence-corrected chi connectivity index (χ2v) is 5.05. The van der Waals surface area contributed by atoms with E-state index in [1.54, 1.807) is 0 Å². The molecule has 104 valence electrons. The lowest BCUT2D eigenvalue weighted by Gasteiger charge is -2.26. The highest BCUT2D eigenvalue weighted by Gasteiger charge is 2.34. The molecule has 1 saturated heterocycles. The van der Waals surface area contributed by atoms with Crippen molar-refractivity contribution in [2.24, 2.45) is 11.7 Å². The number of carbonyl (C=O) groups is 1. The van der Waals surface area contributed by atoms with Crippen LogP contribution in [0.2, 0.25) is 0 Å². The lowest BCUT2D eigenvalue weighted by atomic mass is 10.0. The molecule has 1 aliphatic rings. The van der Waals surface area contributed by atoms with Crippen molar-refractivity contribution in [3.05, 3.63) is 35.9 Å². The number of hydrogen-bond acceptors (Lipinski definition) is 3. The zero-order valence-electron chi connectivity index (χ0n) is 11.4. The maximum Gasteiger partial charge on any atom is 0.229 e. The van der Waals surface area contributed by atoms with Crippen LogP contribution in [-0.4, -0.2) is 36.6 Å². The van der Waals surface area contributed by atoms with Crippen molar-refractivity contribution in [3.63, 3.8) is 0 Å². The molecule has 2 rings (SSSR count). The van der Waals surface area contributed by atoms with E-state index in [4.69, 9.17) is 10.5 Å². The Kier molecular flexibility index (Phi) is 4.93. The van der Waals surface area contributed by atoms with Gasteiger partial charge in [0, 0.05) is 19.1 Å². The third kappa shape index (κ3) is 3.55. The minimum atomic E-state index is -0.185. The quantitative estimate of drug-likeness (QED) is 0.872. The molecule has 0 aromatic heterocycles. The SMILES string of the molecule is CCCN(Cc1ccccc1)C(=O)C1COCC1N. The van der Waals surface area contributed by atoms with E-state index in [9.17, 15) is 4.79 Å². The molecular formula is C15H22N2O2. The number of amides is 1. The molecule has 0 spiro atoms. The van der Waals surface area contributed by atoms with Crippen LogP contribution in [0, 0.1) is 5.92 Å². The number of rotatable bonds is 5. The van der Waals surface area contributed by atoms with Gasteiger partial charge in [0.2, 0.25) is 5.91 Å². The number of carbonyl (C=O) groups excluding carboxylic acids is 1. The number of hydrogen-bond donors (Lipinski definition) is 1. The van der Waals surface area contributed by atoms with Crippen molar-refractivity contribution >= 4 is 5.91 Å². The average molecular weight is 262 g/mol. The highest BCUT2D eigenvalue weighted by atomic mass is 16.5. The second kappa shape index (κ2) is 6.68. The lowest BCUT2D eigenvalue weighted by molar-refractivity contribution is -0.136. The molecule has 1 aromatic carbocycles. The van der Waals surface area contributed by atoms with Gasteiger partial charge in [0.05, 0.1) is 19.1 Å². The van der Waals surface area contributed by atoms with Gasteiger partial charge >= 0.3 is 0 Å². The Bertz CT molecular complexity index is 408. The Hall–Kier alpha value is -1.39. The molecule has 1 aromatic rings. The Morgan fingerprint density at radius 2 is 2.11 bits per heavy atom. The molecule has 2 N–H and O–H groups in total. The van der Waals surface area contributed by atoms with Gasteiger partial charge < -0.3 is 15.4 Å². The largest absolute Gasteiger partial charge is 0.379 e. The van der Waals surface area contributed by atoms with E-state index >= 15 is 0 Å². The molecule has 1 heterocycles. The number of ether oxygens (including phenoxy) is 1. The predicted octanol–water partition coefficient (Wildman–Crippen LogP) is 1.40. The molecule has 0 radical (unpaired) electrons. The maximum atomic E-state index is 12.5. The van der Waals surface area contributed by atoms with E-state index in [0.717, 1.165) is 18.5 Å². The van der Waals surface area contributed by atoms with Crippen LogP contribution in [-0.2, 0) is 16.1 Å². The van der Waals surface area contributed by atoms with Gasteiger partial charge in [0.25, 0.3) is 0 Å². The van der Waals surface area contributed by atoms with Crippen LogP contribution in [0.25, 0.3) is 0 Å². The van der Waals surface area contributed by atoms with E-state index in [1.165, 1.54) is 0 Å². The zero-order chi connectivity index (χ0) is 13.7. The molecule has 1 amide bonds. The van der Waals surface area contributed by atoms with Crippen LogP contribution in [0.15, 0.2) is 30.3 Å². The van der Waals surface area contributed by atoms with E-state index < -0.39 is 0 Å². The highest BCUT2D eigenvalue weighted by molar-refractivity contribution is 5.80. The molecule has 0 bridgehead atoms. The normalized spacial score (nSPS) is 22.4. The fraction of sp³-hybridized carbons (Fsp3) is 0.533. The number of benzene rings is 1. The van der Waals surface area contributed by atoms with Gasteiger partial charge in [-0.1, -0.05) is 37.3 Å². The monoisotopic (exact) mass is 262 g/mol. The predicted molar refractivity (Wildman–Crippen MR) is 74.4 cm³/mol. The standard InChI is InChI=1S/C15H22N2O2/c1-2-8-17(9-12-6-4-3-5-7-12)15(18)13-10-19-11-14(13)16/h3-7,13-14H,2,8-11,16H2,1H3. The van der Waals surface area contributed by atoms with Crippen LogP contribution < -0.4 is 5.73 Å². The van der Waals surface area contributed by atoms with Crippen molar-refractivity contribution < 1.29 is 9.53 Å². The average Bonchev–Trinajstić information content (AvgIpc) is 2.85. The van der Waals surface area contributed by atoms with Gasteiger partial charge in [-0.15, -0.1) is 0 Å². The van der Waals surface area contributed by atoms with Crippen molar-refractivity contribution in [2.75, 3.05) is 19.8 Å². The summed E-state index contributed by atoms with van der Waals surface area (Å²) in [6.07, 6.45) is 0.946. The molecule has 4 heteroatoms. The summed E-state index contributed by atoms with van der Waals surface area (Å²) in [5.41, 5.74) is 7.08. The lowest BCUT2D eigenvalue weighted by Crippen LogP contribution is -2.43. The molecule has 1 aliphatic heterocycles. The van der Waals surface area contributed by atoms with Gasteiger partial charge in [-0.2, -0.15) is 0 Å². The fourth-order valence-corrected chi connectivity index (χ4v) is 2.40. The van der Waals surface area contributed by atoms with E-state index in [0.29, 0.717) is 19.8 Å². The third-order valence-corrected chi connectivity index (χ3v) is 3.46. The number of nitrogens with two attached hydrogens (primary N) is 1. The second-order valence-electron chi connectivity index (χ2n) is 5.05. The molecule has 1 fully saturated rings. The summed E-state index contributed by atoms with van der Waals surface area (Å²) >= 11 is 0. The van der Waals surface area contributed by atoms with Crippen LogP contribution in [0.4, 0.5) is 0 Å². The first kappa shape index (κ1) is 14.0. The highest BCUT2D eigenvalue weighted by Crippen LogP contribution is 2.17. The Balaban J connectivity index is 2.04. The first-order chi connectivity index (χ1) is 9.22. The van der Waals surface area contributed by atoms with Crippen molar-refractivity contribution in [1.29, 1.82) is 0 Å². The van der Waals surface area contributed by atoms with Gasteiger partial charge in [-0.3, -0.25) is 4.79 Å². The maximum absolute atomic E-state index is 12.5. The minimum absolute atomic E-state index is 0.121. The molecule has 0 aliphatic carbocycles. The zero-order valence-corrected chi connectivity index (χ0v) is 11.4. The number of nitrogens with zero attached hydrogens (tertiary/aromatic N) is 1. The van der Waals surface area contributed by atoms with E-state index in [2.05, 4.69) is 6.92 Å². The summed E-state index contributed by atoms with van der Waals surface area (Å²) in [7, 11) is 0. The summed E-state index contributed by atoms with van der Waals surface area (Å²) in [4.78, 5) is 14.4. The van der Waals surface area contributed by atoms with E-state index in [1.807, 2.05) is 35.2 Å². The molecule has 2 atom stereocenters. The van der Waals surface area contributed by atoms with Gasteiger partial charge in [0.15, 0.2) is 0 Å². The molecule has 4 nitrogen and oxygen atoms in total. The van der Waals surface area contributed by atoms with Gasteiger partial charge in [-0.05, 0) is 12.0 Å². The molecular weight excluding hydrogens is 240 g/mol. The summed E-state index contributed by atoms with van der Waals surface area (Å²) in [5.74, 6) is -0.0639. The summed E-state index contributed by atoms with van der Waals surface area (Å²) in [6, 6.07) is 9.89. The summed E-state index contributed by atoms with van der Waals surface area (Å²) in [6.45, 7) is 4.43. The summed E-state index contributed by atoms with van der Waals surface area (Å²) < 4.78 is 5.30. The molecule has 2 unspecified atom stereocenters. The summed E-state index contributed by atoms with van der Waals surface area (Å²) in [5, 5.41) is 0. The molecule has 19 heavy (non-hydrogen) atoms. The Morgan fingerprint density at radius 1 is 1.37 bits per heavy atom. The fourth-order valence-electron chi connectivity index (χ4n) is 2.40. The smallest absolute Gasteiger partial charge is 0.229 e. The third-order valence-electron chi connectivity index (χ3n) is 3.46. The molecule has 0 saturated carbocycles. The Labute approximate surface area is 114 Å². The first-order valence-corrected chi connectivity index (χ1v) is 6.88. The van der Waals surface area contributed by atoms with Crippen molar-refractivity contribution in [2.45, 2.75) is 25.9 Å². The van der Waals surface area contributed by atoms with Gasteiger partial charge in [0.1, 0.15) is 0 Å². The van der Waals surface area contributed by atoms with Gasteiger partial charge in [-0.25, -0.2) is 0 Å². The Morgan fingerprint density at radius 3 is 2.68 bits per heavy atom. The van der Waals surface area contributed by atoms with Crippen LogP contribution in [0.3, 0.4) is 0 Å². The topological polar surface area (TPSA) is 55.6 Å². The van der Waals surface area contributed by atoms with Crippen LogP contribution in [0.1, 0.15) is 18.9 Å². The minimum Gasteiger partial charge on any atom is -0.379 e.